The molecule has 1 fully saturated rings. The number of carbonyl (C=O) groups is 1. The minimum Gasteiger partial charge on any atom is -0.351 e. The molecule has 0 aliphatic carbocycles. The molecule has 1 saturated heterocycles. The lowest BCUT2D eigenvalue weighted by molar-refractivity contribution is -0.122. The number of hydrogen-bond donors (Lipinski definition) is 1. The summed E-state index contributed by atoms with van der Waals surface area (Å²) in [7, 11) is -3.18. The van der Waals surface area contributed by atoms with E-state index in [1.165, 1.54) is 16.6 Å². The van der Waals surface area contributed by atoms with Gasteiger partial charge in [-0.1, -0.05) is 12.1 Å². The van der Waals surface area contributed by atoms with E-state index in [1.54, 1.807) is 19.1 Å². The Bertz CT molecular complexity index is 694. The number of nitrogens with one attached hydrogen (secondary N) is 1. The molecule has 134 valence electrons. The minimum atomic E-state index is -3.18. The number of carbonyl (C=O) groups excluding carboxylic acids is 1. The normalized spacial score (nSPS) is 17.5. The topological polar surface area (TPSA) is 69.7 Å². The van der Waals surface area contributed by atoms with Gasteiger partial charge in [-0.05, 0) is 37.1 Å². The predicted octanol–water partition coefficient (Wildman–Crippen LogP) is 0.718. The third-order valence-electron chi connectivity index (χ3n) is 4.11. The Morgan fingerprint density at radius 2 is 2.00 bits per heavy atom. The maximum atomic E-state index is 13.5. The molecule has 1 N–H and O–H groups in total. The molecule has 0 spiro atoms. The van der Waals surface area contributed by atoms with Crippen LogP contribution in [0.4, 0.5) is 4.39 Å². The molecule has 0 aromatic heterocycles. The van der Waals surface area contributed by atoms with Gasteiger partial charge in [-0.15, -0.1) is 0 Å². The lowest BCUT2D eigenvalue weighted by Gasteiger charge is -2.20. The quantitative estimate of drug-likeness (QED) is 0.843. The fourth-order valence-electron chi connectivity index (χ4n) is 2.64. The Kier molecular flexibility index (Phi) is 6.31. The number of rotatable bonds is 5. The summed E-state index contributed by atoms with van der Waals surface area (Å²) in [6, 6.07) is 4.89. The summed E-state index contributed by atoms with van der Waals surface area (Å²) in [5.74, 6) is -0.432. The van der Waals surface area contributed by atoms with Gasteiger partial charge in [0.15, 0.2) is 0 Å². The summed E-state index contributed by atoms with van der Waals surface area (Å²) in [4.78, 5) is 14.0. The fraction of sp³-hybridized carbons (Fsp3) is 0.562. The van der Waals surface area contributed by atoms with E-state index in [-0.39, 0.29) is 24.8 Å². The van der Waals surface area contributed by atoms with Crippen molar-refractivity contribution in [1.82, 2.24) is 14.5 Å². The highest BCUT2D eigenvalue weighted by atomic mass is 32.2. The van der Waals surface area contributed by atoms with Crippen molar-refractivity contribution in [3.63, 3.8) is 0 Å². The molecule has 6 nitrogen and oxygen atoms in total. The Morgan fingerprint density at radius 3 is 2.67 bits per heavy atom. The smallest absolute Gasteiger partial charge is 0.234 e. The van der Waals surface area contributed by atoms with Crippen molar-refractivity contribution in [2.24, 2.45) is 0 Å². The van der Waals surface area contributed by atoms with Crippen LogP contribution in [0.3, 0.4) is 0 Å². The van der Waals surface area contributed by atoms with Gasteiger partial charge in [-0.25, -0.2) is 17.1 Å². The van der Waals surface area contributed by atoms with Crippen LogP contribution in [0.15, 0.2) is 18.2 Å². The molecule has 8 heteroatoms. The number of hydrogen-bond acceptors (Lipinski definition) is 4. The van der Waals surface area contributed by atoms with Gasteiger partial charge in [0.05, 0.1) is 12.8 Å². The van der Waals surface area contributed by atoms with Crippen LogP contribution in [0, 0.1) is 12.7 Å². The standard InChI is InChI=1S/C16H24FN3O3S/c1-13-4-5-14(10-15(13)17)11-18-16(21)12-19-6-3-7-20(9-8-19)24(2,22)23/h4-5,10H,3,6-9,11-12H2,1-2H3,(H,18,21). The molecule has 1 aliphatic heterocycles. The van der Waals surface area contributed by atoms with Crippen molar-refractivity contribution in [3.05, 3.63) is 35.1 Å². The average molecular weight is 357 g/mol. The monoisotopic (exact) mass is 357 g/mol. The van der Waals surface area contributed by atoms with Gasteiger partial charge >= 0.3 is 0 Å². The fourth-order valence-corrected chi connectivity index (χ4v) is 3.52. The van der Waals surface area contributed by atoms with E-state index >= 15 is 0 Å². The number of nitrogens with zero attached hydrogens (tertiary/aromatic N) is 2. The molecule has 0 saturated carbocycles. The molecule has 0 bridgehead atoms. The van der Waals surface area contributed by atoms with Gasteiger partial charge in [0.2, 0.25) is 15.9 Å². The Labute approximate surface area is 142 Å². The summed E-state index contributed by atoms with van der Waals surface area (Å²) in [6.45, 7) is 4.27. The maximum Gasteiger partial charge on any atom is 0.234 e. The summed E-state index contributed by atoms with van der Waals surface area (Å²) >= 11 is 0. The highest BCUT2D eigenvalue weighted by molar-refractivity contribution is 7.88. The first-order chi connectivity index (χ1) is 11.3. The molecular weight excluding hydrogens is 333 g/mol. The molecule has 2 rings (SSSR count). The van der Waals surface area contributed by atoms with E-state index in [0.29, 0.717) is 43.7 Å². The van der Waals surface area contributed by atoms with Crippen molar-refractivity contribution in [2.75, 3.05) is 39.0 Å². The average Bonchev–Trinajstić information content (AvgIpc) is 2.74. The summed E-state index contributed by atoms with van der Waals surface area (Å²) < 4.78 is 38.1. The number of amides is 1. The third kappa shape index (κ3) is 5.54. The zero-order valence-corrected chi connectivity index (χ0v) is 14.9. The first kappa shape index (κ1) is 18.8. The van der Waals surface area contributed by atoms with Crippen molar-refractivity contribution in [2.45, 2.75) is 19.9 Å². The second-order valence-corrected chi connectivity index (χ2v) is 8.13. The van der Waals surface area contributed by atoms with Crippen LogP contribution in [-0.4, -0.2) is 62.5 Å². The number of sulfonamides is 1. The zero-order valence-electron chi connectivity index (χ0n) is 14.1. The van der Waals surface area contributed by atoms with E-state index in [2.05, 4.69) is 5.32 Å². The van der Waals surface area contributed by atoms with Crippen LogP contribution in [0.2, 0.25) is 0 Å². The number of aryl methyl sites for hydroxylation is 1. The number of benzene rings is 1. The first-order valence-electron chi connectivity index (χ1n) is 7.95. The maximum absolute atomic E-state index is 13.5. The zero-order chi connectivity index (χ0) is 17.7. The van der Waals surface area contributed by atoms with Gasteiger partial charge < -0.3 is 5.32 Å². The summed E-state index contributed by atoms with van der Waals surface area (Å²) in [5.41, 5.74) is 1.29. The van der Waals surface area contributed by atoms with Gasteiger partial charge in [0.1, 0.15) is 5.82 Å². The van der Waals surface area contributed by atoms with Crippen LogP contribution in [-0.2, 0) is 21.4 Å². The van der Waals surface area contributed by atoms with Crippen molar-refractivity contribution >= 4 is 15.9 Å². The largest absolute Gasteiger partial charge is 0.351 e. The van der Waals surface area contributed by atoms with Crippen LogP contribution in [0.5, 0.6) is 0 Å². The summed E-state index contributed by atoms with van der Waals surface area (Å²) in [6.07, 6.45) is 1.90. The third-order valence-corrected chi connectivity index (χ3v) is 5.41. The SMILES string of the molecule is Cc1ccc(CNC(=O)CN2CCCN(S(C)(=O)=O)CC2)cc1F. The molecule has 1 aliphatic rings. The Hall–Kier alpha value is -1.51. The van der Waals surface area contributed by atoms with E-state index in [4.69, 9.17) is 0 Å². The highest BCUT2D eigenvalue weighted by Crippen LogP contribution is 2.09. The van der Waals surface area contributed by atoms with Crippen LogP contribution in [0.1, 0.15) is 17.5 Å². The van der Waals surface area contributed by atoms with Gasteiger partial charge in [0.25, 0.3) is 0 Å². The number of halogens is 1. The Balaban J connectivity index is 1.81. The molecule has 1 heterocycles. The van der Waals surface area contributed by atoms with E-state index < -0.39 is 10.0 Å². The van der Waals surface area contributed by atoms with E-state index in [1.807, 2.05) is 4.90 Å². The second kappa shape index (κ2) is 8.04. The predicted molar refractivity (Wildman–Crippen MR) is 90.5 cm³/mol. The van der Waals surface area contributed by atoms with Gasteiger partial charge in [-0.3, -0.25) is 9.69 Å². The molecular formula is C16H24FN3O3S. The first-order valence-corrected chi connectivity index (χ1v) is 9.80. The molecule has 1 amide bonds. The van der Waals surface area contributed by atoms with E-state index in [9.17, 15) is 17.6 Å². The highest BCUT2D eigenvalue weighted by Gasteiger charge is 2.22. The molecule has 1 aromatic rings. The second-order valence-electron chi connectivity index (χ2n) is 6.15. The van der Waals surface area contributed by atoms with Crippen molar-refractivity contribution in [3.8, 4) is 0 Å². The van der Waals surface area contributed by atoms with Crippen molar-refractivity contribution < 1.29 is 17.6 Å². The van der Waals surface area contributed by atoms with E-state index in [0.717, 1.165) is 0 Å². The van der Waals surface area contributed by atoms with Crippen molar-refractivity contribution in [1.29, 1.82) is 0 Å². The lowest BCUT2D eigenvalue weighted by Crippen LogP contribution is -2.39. The van der Waals surface area contributed by atoms with Gasteiger partial charge in [0, 0.05) is 26.2 Å². The lowest BCUT2D eigenvalue weighted by atomic mass is 10.1. The molecule has 0 atom stereocenters. The van der Waals surface area contributed by atoms with Gasteiger partial charge in [-0.2, -0.15) is 0 Å². The molecule has 0 unspecified atom stereocenters. The molecule has 0 radical (unpaired) electrons. The molecule has 24 heavy (non-hydrogen) atoms. The Morgan fingerprint density at radius 1 is 1.25 bits per heavy atom. The minimum absolute atomic E-state index is 0.149. The van der Waals surface area contributed by atoms with Crippen LogP contribution >= 0.6 is 0 Å². The van der Waals surface area contributed by atoms with Crippen LogP contribution < -0.4 is 5.32 Å². The van der Waals surface area contributed by atoms with Crippen LogP contribution in [0.25, 0.3) is 0 Å². The molecule has 1 aromatic carbocycles. The summed E-state index contributed by atoms with van der Waals surface area (Å²) in [5, 5.41) is 2.78.